The Bertz CT molecular complexity index is 1270. The molecule has 0 fully saturated rings. The van der Waals surface area contributed by atoms with E-state index in [-0.39, 0.29) is 59.0 Å². The van der Waals surface area contributed by atoms with E-state index in [1.54, 1.807) is 6.07 Å². The van der Waals surface area contributed by atoms with Gasteiger partial charge in [-0.25, -0.2) is 4.79 Å². The average Bonchev–Trinajstić information content (AvgIpc) is 2.73. The summed E-state index contributed by atoms with van der Waals surface area (Å²) in [5.74, 6) is -3.40. The smallest absolute Gasteiger partial charge is 0.339 e. The summed E-state index contributed by atoms with van der Waals surface area (Å²) in [6, 6.07) is 7.20. The molecule has 4 N–H and O–H groups in total. The second kappa shape index (κ2) is 11.6. The van der Waals surface area contributed by atoms with Crippen molar-refractivity contribution in [3.05, 3.63) is 47.0 Å². The van der Waals surface area contributed by atoms with E-state index in [1.807, 2.05) is 0 Å². The molecule has 0 spiro atoms. The van der Waals surface area contributed by atoms with Gasteiger partial charge in [0.15, 0.2) is 23.0 Å². The number of phenols is 1. The van der Waals surface area contributed by atoms with E-state index in [2.05, 4.69) is 0 Å². The third-order valence-corrected chi connectivity index (χ3v) is 6.51. The van der Waals surface area contributed by atoms with Gasteiger partial charge in [-0.1, -0.05) is 18.2 Å². The van der Waals surface area contributed by atoms with E-state index in [1.165, 1.54) is 38.5 Å². The minimum atomic E-state index is -4.55. The van der Waals surface area contributed by atoms with E-state index < -0.39 is 43.8 Å². The van der Waals surface area contributed by atoms with E-state index in [0.29, 0.717) is 0 Å². The van der Waals surface area contributed by atoms with Gasteiger partial charge in [-0.2, -0.15) is 16.8 Å². The molecule has 2 aromatic rings. The summed E-state index contributed by atoms with van der Waals surface area (Å²) in [4.78, 5) is 11.9. The molecule has 0 aliphatic carbocycles. The number of phenolic OH excluding ortho intramolecular Hbond substituents is 1. The normalized spacial score (nSPS) is 12.7. The van der Waals surface area contributed by atoms with Gasteiger partial charge in [0, 0.05) is 12.0 Å². The molecule has 0 aliphatic heterocycles. The first-order valence-electron chi connectivity index (χ1n) is 10.1. The topological polar surface area (TPSA) is 194 Å². The standard InChI is InChI=1S/C21H26O12S2/c1-31-16-7-3-5-14(19(16)22)11-15(12-35(28,29)30)33-17-9-8-13(6-4-10-34(25,26)27)18(21(23)24)20(17)32-2/h3,5,7-9,15,22H,4,6,10-12H2,1-2H3,(H,23,24)(H,25,26,27)(H,28,29,30). The van der Waals surface area contributed by atoms with E-state index >= 15 is 0 Å². The largest absolute Gasteiger partial charge is 0.504 e. The summed E-state index contributed by atoms with van der Waals surface area (Å²) in [7, 11) is -6.28. The molecule has 1 unspecified atom stereocenters. The van der Waals surface area contributed by atoms with Crippen molar-refractivity contribution in [3.8, 4) is 23.0 Å². The Morgan fingerprint density at radius 3 is 2.17 bits per heavy atom. The quantitative estimate of drug-likeness (QED) is 0.273. The van der Waals surface area contributed by atoms with Crippen LogP contribution in [0.15, 0.2) is 30.3 Å². The van der Waals surface area contributed by atoms with Crippen LogP contribution in [0.5, 0.6) is 23.0 Å². The molecule has 0 radical (unpaired) electrons. The molecule has 0 amide bonds. The molecule has 1 atom stereocenters. The van der Waals surface area contributed by atoms with Gasteiger partial charge in [0.05, 0.1) is 20.0 Å². The van der Waals surface area contributed by atoms with Gasteiger partial charge in [-0.3, -0.25) is 9.11 Å². The van der Waals surface area contributed by atoms with Crippen molar-refractivity contribution in [2.24, 2.45) is 0 Å². The summed E-state index contributed by atoms with van der Waals surface area (Å²) >= 11 is 0. The molecule has 0 aromatic heterocycles. The zero-order chi connectivity index (χ0) is 26.4. The number of aromatic hydroxyl groups is 1. The second-order valence-electron chi connectivity index (χ2n) is 7.49. The molecule has 12 nitrogen and oxygen atoms in total. The second-order valence-corrected chi connectivity index (χ2v) is 10.6. The number of para-hydroxylation sites is 1. The van der Waals surface area contributed by atoms with Crippen molar-refractivity contribution < 1.29 is 55.2 Å². The molecule has 0 saturated carbocycles. The monoisotopic (exact) mass is 534 g/mol. The van der Waals surface area contributed by atoms with Gasteiger partial charge >= 0.3 is 5.97 Å². The fourth-order valence-electron chi connectivity index (χ4n) is 3.48. The number of rotatable bonds is 13. The van der Waals surface area contributed by atoms with Crippen LogP contribution < -0.4 is 14.2 Å². The number of carbonyl (C=O) groups is 1. The van der Waals surface area contributed by atoms with Gasteiger partial charge in [0.25, 0.3) is 20.2 Å². The SMILES string of the molecule is COc1cccc(CC(CS(=O)(=O)O)Oc2ccc(CCCS(=O)(=O)O)c(C(=O)O)c2OC)c1O. The van der Waals surface area contributed by atoms with Crippen LogP contribution in [-0.2, 0) is 33.1 Å². The number of ether oxygens (including phenoxy) is 3. The minimum Gasteiger partial charge on any atom is -0.504 e. The molecule has 0 bridgehead atoms. The van der Waals surface area contributed by atoms with Crippen molar-refractivity contribution in [3.63, 3.8) is 0 Å². The summed E-state index contributed by atoms with van der Waals surface area (Å²) < 4.78 is 79.4. The van der Waals surface area contributed by atoms with Gasteiger partial charge < -0.3 is 24.4 Å². The molecule has 194 valence electrons. The molecular weight excluding hydrogens is 508 g/mol. The highest BCUT2D eigenvalue weighted by molar-refractivity contribution is 7.86. The Labute approximate surface area is 202 Å². The van der Waals surface area contributed by atoms with Crippen molar-refractivity contribution in [2.75, 3.05) is 25.7 Å². The number of benzene rings is 2. The number of hydrogen-bond acceptors (Lipinski definition) is 9. The van der Waals surface area contributed by atoms with Gasteiger partial charge in [-0.15, -0.1) is 0 Å². The highest BCUT2D eigenvalue weighted by Gasteiger charge is 2.26. The highest BCUT2D eigenvalue weighted by atomic mass is 32.2. The summed E-state index contributed by atoms with van der Waals surface area (Å²) in [6.45, 7) is 0. The highest BCUT2D eigenvalue weighted by Crippen LogP contribution is 2.36. The van der Waals surface area contributed by atoms with Crippen LogP contribution in [0.25, 0.3) is 0 Å². The Hall–Kier alpha value is -3.07. The van der Waals surface area contributed by atoms with E-state index in [0.717, 1.165) is 0 Å². The molecule has 0 aliphatic rings. The molecule has 35 heavy (non-hydrogen) atoms. The Balaban J connectivity index is 2.44. The molecule has 0 saturated heterocycles. The van der Waals surface area contributed by atoms with Gasteiger partial charge in [-0.05, 0) is 30.5 Å². The van der Waals surface area contributed by atoms with Crippen molar-refractivity contribution in [2.45, 2.75) is 25.4 Å². The lowest BCUT2D eigenvalue weighted by Gasteiger charge is -2.22. The lowest BCUT2D eigenvalue weighted by atomic mass is 10.0. The maximum Gasteiger partial charge on any atom is 0.339 e. The lowest BCUT2D eigenvalue weighted by molar-refractivity contribution is 0.0690. The fourth-order valence-corrected chi connectivity index (χ4v) is 4.64. The van der Waals surface area contributed by atoms with E-state index in [9.17, 15) is 36.4 Å². The molecular formula is C21H26O12S2. The van der Waals surface area contributed by atoms with Gasteiger partial charge in [0.2, 0.25) is 0 Å². The van der Waals surface area contributed by atoms with Crippen LogP contribution in [0.3, 0.4) is 0 Å². The van der Waals surface area contributed by atoms with E-state index in [4.69, 9.17) is 18.8 Å². The predicted octanol–water partition coefficient (Wildman–Crippen LogP) is 1.81. The van der Waals surface area contributed by atoms with Crippen LogP contribution in [0, 0.1) is 0 Å². The zero-order valence-corrected chi connectivity index (χ0v) is 20.5. The Morgan fingerprint density at radius 1 is 0.943 bits per heavy atom. The van der Waals surface area contributed by atoms with Crippen LogP contribution in [0.1, 0.15) is 27.9 Å². The van der Waals surface area contributed by atoms with Crippen molar-refractivity contribution in [1.82, 2.24) is 0 Å². The summed E-state index contributed by atoms with van der Waals surface area (Å²) in [5.41, 5.74) is 0.106. The molecule has 2 rings (SSSR count). The molecule has 14 heteroatoms. The zero-order valence-electron chi connectivity index (χ0n) is 18.9. The first-order chi connectivity index (χ1) is 16.3. The van der Waals surface area contributed by atoms with Crippen molar-refractivity contribution in [1.29, 1.82) is 0 Å². The van der Waals surface area contributed by atoms with Crippen LogP contribution >= 0.6 is 0 Å². The summed E-state index contributed by atoms with van der Waals surface area (Å²) in [5, 5.41) is 20.1. The summed E-state index contributed by atoms with van der Waals surface area (Å²) in [6.07, 6.45) is -1.57. The lowest BCUT2D eigenvalue weighted by Crippen LogP contribution is -2.29. The number of methoxy groups -OCH3 is 2. The fraction of sp³-hybridized carbons (Fsp3) is 0.381. The molecule has 2 aromatic carbocycles. The van der Waals surface area contributed by atoms with Gasteiger partial charge in [0.1, 0.15) is 17.4 Å². The maximum atomic E-state index is 11.9. The molecule has 0 heterocycles. The number of carboxylic acid groups (broad SMARTS) is 1. The number of aryl methyl sites for hydroxylation is 1. The van der Waals surface area contributed by atoms with Crippen LogP contribution in [0.4, 0.5) is 0 Å². The van der Waals surface area contributed by atoms with Crippen LogP contribution in [0.2, 0.25) is 0 Å². The number of aromatic carboxylic acids is 1. The van der Waals surface area contributed by atoms with Crippen molar-refractivity contribution >= 4 is 26.2 Å². The Morgan fingerprint density at radius 2 is 1.63 bits per heavy atom. The first kappa shape index (κ1) is 28.2. The van der Waals surface area contributed by atoms with Crippen LogP contribution in [-0.4, -0.2) is 74.0 Å². The third kappa shape index (κ3) is 8.28. The number of hydrogen-bond donors (Lipinski definition) is 4. The minimum absolute atomic E-state index is 0.0236. The predicted molar refractivity (Wildman–Crippen MR) is 124 cm³/mol. The maximum absolute atomic E-state index is 11.9. The Kier molecular flexibility index (Phi) is 9.31. The first-order valence-corrected chi connectivity index (χ1v) is 13.3. The average molecular weight is 535 g/mol. The third-order valence-electron chi connectivity index (χ3n) is 4.91. The number of carboxylic acids is 1.